The van der Waals surface area contributed by atoms with Crippen molar-refractivity contribution < 1.29 is 42.3 Å². The molecule has 0 aromatic heterocycles. The first-order chi connectivity index (χ1) is 5.85. The van der Waals surface area contributed by atoms with Crippen molar-refractivity contribution >= 4 is 11.6 Å². The molecule has 1 atom stereocenters. The van der Waals surface area contributed by atoms with Crippen molar-refractivity contribution in [2.24, 2.45) is 11.3 Å². The van der Waals surface area contributed by atoms with Crippen LogP contribution in [0, 0.1) is 17.4 Å². The van der Waals surface area contributed by atoms with Crippen molar-refractivity contribution in [3.8, 4) is 0 Å². The van der Waals surface area contributed by atoms with E-state index < -0.39 is 5.41 Å². The maximum absolute atomic E-state index is 11.5. The van der Waals surface area contributed by atoms with Crippen LogP contribution in [0.15, 0.2) is 5.57 Å². The van der Waals surface area contributed by atoms with Crippen LogP contribution in [-0.2, 0) is 42.3 Å². The molecule has 1 aliphatic carbocycles. The first-order valence-corrected chi connectivity index (χ1v) is 4.50. The molecule has 75 valence electrons. The van der Waals surface area contributed by atoms with Gasteiger partial charge in [-0.25, -0.2) is 5.57 Å². The number of hydrogen-bond acceptors (Lipinski definition) is 2. The Morgan fingerprint density at radius 1 is 1.50 bits per heavy atom. The maximum atomic E-state index is 11.5. The van der Waals surface area contributed by atoms with Gasteiger partial charge in [0.25, 0.3) is 0 Å². The second kappa shape index (κ2) is 4.80. The van der Waals surface area contributed by atoms with Gasteiger partial charge < -0.3 is 15.7 Å². The largest absolute Gasteiger partial charge is 0.427 e. The molecular weight excluding hydrogens is 253 g/mol. The van der Waals surface area contributed by atoms with E-state index in [-0.39, 0.29) is 50.2 Å². The fraction of sp³-hybridized carbons (Fsp3) is 0.636. The van der Waals surface area contributed by atoms with Crippen molar-refractivity contribution in [2.45, 2.75) is 34.1 Å². The Labute approximate surface area is 110 Å². The molecule has 0 aliphatic heterocycles. The third kappa shape index (κ3) is 2.61. The van der Waals surface area contributed by atoms with Gasteiger partial charge in [-0.1, -0.05) is 20.8 Å². The molecule has 0 saturated heterocycles. The summed E-state index contributed by atoms with van der Waals surface area (Å²) >= 11 is 0. The van der Waals surface area contributed by atoms with E-state index in [4.69, 9.17) is 0 Å². The standard InChI is InChI=1S/C11H15O2.Y/c1-7-5-10(13)11(3,4)9(7)6-8(2)12;/h9H,6H2,1-4H3;/q-1;. The molecule has 1 aliphatic rings. The molecule has 14 heavy (non-hydrogen) atoms. The minimum absolute atomic E-state index is 0. The molecule has 0 aromatic carbocycles. The molecule has 0 bridgehead atoms. The Bertz CT molecular complexity index is 290. The van der Waals surface area contributed by atoms with Gasteiger partial charge in [0.05, 0.1) is 0 Å². The van der Waals surface area contributed by atoms with Gasteiger partial charge in [0.2, 0.25) is 0 Å². The zero-order chi connectivity index (χ0) is 10.2. The molecule has 1 radical (unpaired) electrons. The van der Waals surface area contributed by atoms with Gasteiger partial charge in [-0.2, -0.15) is 0 Å². The predicted molar refractivity (Wildman–Crippen MR) is 50.0 cm³/mol. The number of allylic oxidation sites excluding steroid dienone is 2. The van der Waals surface area contributed by atoms with Crippen LogP contribution in [0.5, 0.6) is 0 Å². The monoisotopic (exact) mass is 268 g/mol. The van der Waals surface area contributed by atoms with Crippen molar-refractivity contribution in [2.75, 3.05) is 0 Å². The summed E-state index contributed by atoms with van der Waals surface area (Å²) in [4.78, 5) is 22.4. The van der Waals surface area contributed by atoms with Crippen LogP contribution in [0.2, 0.25) is 0 Å². The zero-order valence-electron chi connectivity index (χ0n) is 9.18. The van der Waals surface area contributed by atoms with Crippen LogP contribution >= 0.6 is 0 Å². The minimum Gasteiger partial charge on any atom is -0.427 e. The van der Waals surface area contributed by atoms with E-state index in [9.17, 15) is 9.59 Å². The van der Waals surface area contributed by atoms with Gasteiger partial charge in [0, 0.05) is 39.1 Å². The SMILES string of the molecule is CC(=O)CC1C(C)=[C-]C(=O)C1(C)C.[Y]. The van der Waals surface area contributed by atoms with E-state index in [1.807, 2.05) is 20.8 Å². The van der Waals surface area contributed by atoms with E-state index in [0.29, 0.717) is 6.42 Å². The van der Waals surface area contributed by atoms with Crippen molar-refractivity contribution in [3.05, 3.63) is 11.6 Å². The van der Waals surface area contributed by atoms with Crippen LogP contribution in [0.4, 0.5) is 0 Å². The van der Waals surface area contributed by atoms with Gasteiger partial charge in [0.15, 0.2) is 0 Å². The zero-order valence-corrected chi connectivity index (χ0v) is 12.0. The summed E-state index contributed by atoms with van der Waals surface area (Å²) < 4.78 is 0. The average molecular weight is 268 g/mol. The molecule has 3 heteroatoms. The summed E-state index contributed by atoms with van der Waals surface area (Å²) in [6, 6.07) is 0. The van der Waals surface area contributed by atoms with Crippen LogP contribution in [-0.4, -0.2) is 11.6 Å². The molecule has 0 N–H and O–H groups in total. The fourth-order valence-electron chi connectivity index (χ4n) is 1.82. The molecule has 0 spiro atoms. The van der Waals surface area contributed by atoms with Crippen LogP contribution in [0.1, 0.15) is 34.1 Å². The summed E-state index contributed by atoms with van der Waals surface area (Å²) in [5.41, 5.74) is 0.487. The average Bonchev–Trinajstić information content (AvgIpc) is 2.13. The van der Waals surface area contributed by atoms with E-state index in [0.717, 1.165) is 5.57 Å². The molecular formula is C11H15O2Y-. The number of hydrogen-bond donors (Lipinski definition) is 0. The fourth-order valence-corrected chi connectivity index (χ4v) is 1.82. The normalized spacial score (nSPS) is 24.1. The van der Waals surface area contributed by atoms with Gasteiger partial charge >= 0.3 is 0 Å². The Hall–Kier alpha value is 0.184. The second-order valence-electron chi connectivity index (χ2n) is 4.32. The van der Waals surface area contributed by atoms with Crippen LogP contribution < -0.4 is 0 Å². The molecule has 2 nitrogen and oxygen atoms in total. The Morgan fingerprint density at radius 3 is 2.29 bits per heavy atom. The molecule has 0 fully saturated rings. The Kier molecular flexibility index (Phi) is 4.87. The molecule has 0 heterocycles. The summed E-state index contributed by atoms with van der Waals surface area (Å²) in [7, 11) is 0. The third-order valence-electron chi connectivity index (χ3n) is 2.78. The van der Waals surface area contributed by atoms with E-state index in [1.165, 1.54) is 0 Å². The molecule has 1 unspecified atom stereocenters. The number of Topliss-reactive ketones (excluding diaryl/α,β-unsaturated/α-hetero) is 2. The molecule has 1 rings (SSSR count). The summed E-state index contributed by atoms with van der Waals surface area (Å²) in [5.74, 6) is 0.211. The first-order valence-electron chi connectivity index (χ1n) is 4.50. The number of carbonyl (C=O) groups is 2. The van der Waals surface area contributed by atoms with Crippen LogP contribution in [0.25, 0.3) is 0 Å². The quantitative estimate of drug-likeness (QED) is 0.717. The van der Waals surface area contributed by atoms with Crippen LogP contribution in [0.3, 0.4) is 0 Å². The Morgan fingerprint density at radius 2 is 2.00 bits per heavy atom. The minimum atomic E-state index is -0.435. The Balaban J connectivity index is 0.00000169. The number of ketones is 2. The predicted octanol–water partition coefficient (Wildman–Crippen LogP) is 1.94. The summed E-state index contributed by atoms with van der Waals surface area (Å²) in [6.07, 6.45) is 3.24. The third-order valence-corrected chi connectivity index (χ3v) is 2.78. The van der Waals surface area contributed by atoms with E-state index in [2.05, 4.69) is 6.08 Å². The number of carbonyl (C=O) groups excluding carboxylic acids is 2. The van der Waals surface area contributed by atoms with Gasteiger partial charge in [-0.3, -0.25) is 0 Å². The van der Waals surface area contributed by atoms with Gasteiger partial charge in [-0.15, -0.1) is 0 Å². The smallest absolute Gasteiger partial charge is 0.130 e. The van der Waals surface area contributed by atoms with Crippen molar-refractivity contribution in [1.82, 2.24) is 0 Å². The number of rotatable bonds is 2. The summed E-state index contributed by atoms with van der Waals surface area (Å²) in [5, 5.41) is 0. The molecule has 0 saturated carbocycles. The van der Waals surface area contributed by atoms with E-state index in [1.54, 1.807) is 6.92 Å². The first kappa shape index (κ1) is 14.2. The van der Waals surface area contributed by atoms with Crippen molar-refractivity contribution in [3.63, 3.8) is 0 Å². The molecule has 0 aromatic rings. The maximum Gasteiger partial charge on any atom is 0.130 e. The van der Waals surface area contributed by atoms with Gasteiger partial charge in [0.1, 0.15) is 5.78 Å². The van der Waals surface area contributed by atoms with Crippen molar-refractivity contribution in [1.29, 1.82) is 0 Å². The van der Waals surface area contributed by atoms with Gasteiger partial charge in [-0.05, 0) is 24.0 Å². The topological polar surface area (TPSA) is 34.1 Å². The molecule has 0 amide bonds. The van der Waals surface area contributed by atoms with E-state index >= 15 is 0 Å². The summed E-state index contributed by atoms with van der Waals surface area (Å²) in [6.45, 7) is 7.20. The second-order valence-corrected chi connectivity index (χ2v) is 4.32.